The number of aryl methyl sites for hydroxylation is 1. The highest BCUT2D eigenvalue weighted by atomic mass is 16.3. The fraction of sp³-hybridized carbons (Fsp3) is 0.714. The molecule has 5 nitrogen and oxygen atoms in total. The summed E-state index contributed by atoms with van der Waals surface area (Å²) in [5.74, 6) is 0. The van der Waals surface area contributed by atoms with Crippen LogP contribution in [0.25, 0.3) is 0 Å². The van der Waals surface area contributed by atoms with Gasteiger partial charge in [-0.2, -0.15) is 15.4 Å². The normalized spacial score (nSPS) is 13.2. The molecule has 1 unspecified atom stereocenters. The van der Waals surface area contributed by atoms with Crippen LogP contribution in [0.1, 0.15) is 30.8 Å². The van der Waals surface area contributed by atoms with Crippen molar-refractivity contribution in [2.75, 3.05) is 6.61 Å². The predicted octanol–water partition coefficient (Wildman–Crippen LogP) is -0.251. The van der Waals surface area contributed by atoms with E-state index in [1.54, 1.807) is 0 Å². The SMILES string of the molecule is CCc1n[nH]nc1C(N)CCO. The summed E-state index contributed by atoms with van der Waals surface area (Å²) in [4.78, 5) is 0. The average molecular weight is 170 g/mol. The summed E-state index contributed by atoms with van der Waals surface area (Å²) in [6, 6.07) is -0.205. The van der Waals surface area contributed by atoms with Crippen LogP contribution in [0.4, 0.5) is 0 Å². The minimum Gasteiger partial charge on any atom is -0.396 e. The maximum atomic E-state index is 8.66. The molecule has 68 valence electrons. The Labute approximate surface area is 71.0 Å². The van der Waals surface area contributed by atoms with Gasteiger partial charge in [0.1, 0.15) is 5.69 Å². The number of rotatable bonds is 4. The van der Waals surface area contributed by atoms with E-state index in [0.29, 0.717) is 6.42 Å². The van der Waals surface area contributed by atoms with Crippen molar-refractivity contribution in [3.8, 4) is 0 Å². The van der Waals surface area contributed by atoms with Crippen molar-refractivity contribution in [3.63, 3.8) is 0 Å². The van der Waals surface area contributed by atoms with Gasteiger partial charge in [0.2, 0.25) is 0 Å². The number of hydrogen-bond acceptors (Lipinski definition) is 4. The molecule has 0 aliphatic carbocycles. The smallest absolute Gasteiger partial charge is 0.102 e. The first-order valence-electron chi connectivity index (χ1n) is 4.05. The molecule has 0 aliphatic heterocycles. The molecule has 0 saturated heterocycles. The molecule has 1 heterocycles. The Morgan fingerprint density at radius 3 is 2.92 bits per heavy atom. The zero-order chi connectivity index (χ0) is 8.97. The third-order valence-electron chi connectivity index (χ3n) is 1.78. The van der Waals surface area contributed by atoms with E-state index < -0.39 is 0 Å². The van der Waals surface area contributed by atoms with E-state index >= 15 is 0 Å². The number of nitrogens with one attached hydrogen (secondary N) is 1. The average Bonchev–Trinajstić information content (AvgIpc) is 2.51. The first-order valence-corrected chi connectivity index (χ1v) is 4.05. The van der Waals surface area contributed by atoms with Crippen molar-refractivity contribution in [2.24, 2.45) is 5.73 Å². The Morgan fingerprint density at radius 1 is 1.58 bits per heavy atom. The Bertz CT molecular complexity index is 235. The maximum Gasteiger partial charge on any atom is 0.102 e. The molecule has 0 fully saturated rings. The number of H-pyrrole nitrogens is 1. The van der Waals surface area contributed by atoms with E-state index in [1.165, 1.54) is 0 Å². The molecule has 1 aromatic rings. The van der Waals surface area contributed by atoms with Crippen molar-refractivity contribution < 1.29 is 5.11 Å². The molecular weight excluding hydrogens is 156 g/mol. The summed E-state index contributed by atoms with van der Waals surface area (Å²) in [5, 5.41) is 19.1. The molecule has 0 radical (unpaired) electrons. The predicted molar refractivity (Wildman–Crippen MR) is 44.4 cm³/mol. The second kappa shape index (κ2) is 4.18. The fourth-order valence-electron chi connectivity index (χ4n) is 1.09. The first kappa shape index (κ1) is 9.15. The standard InChI is InChI=1S/C7H14N4O/c1-2-6-7(10-11-9-6)5(8)3-4-12/h5,12H,2-4,8H2,1H3,(H,9,10,11). The van der Waals surface area contributed by atoms with Crippen LogP contribution in [0.5, 0.6) is 0 Å². The monoisotopic (exact) mass is 170 g/mol. The van der Waals surface area contributed by atoms with Gasteiger partial charge >= 0.3 is 0 Å². The molecular formula is C7H14N4O. The highest BCUT2D eigenvalue weighted by Crippen LogP contribution is 2.13. The van der Waals surface area contributed by atoms with Crippen molar-refractivity contribution >= 4 is 0 Å². The van der Waals surface area contributed by atoms with Crippen molar-refractivity contribution in [2.45, 2.75) is 25.8 Å². The van der Waals surface area contributed by atoms with Crippen LogP contribution in [0.3, 0.4) is 0 Å². The molecule has 0 aliphatic rings. The fourth-order valence-corrected chi connectivity index (χ4v) is 1.09. The lowest BCUT2D eigenvalue weighted by Crippen LogP contribution is -2.14. The van der Waals surface area contributed by atoms with Crippen LogP contribution < -0.4 is 5.73 Å². The Hall–Kier alpha value is -0.940. The van der Waals surface area contributed by atoms with E-state index in [2.05, 4.69) is 15.4 Å². The van der Waals surface area contributed by atoms with Crippen LogP contribution in [-0.2, 0) is 6.42 Å². The second-order valence-corrected chi connectivity index (χ2v) is 2.63. The molecule has 12 heavy (non-hydrogen) atoms. The lowest BCUT2D eigenvalue weighted by molar-refractivity contribution is 0.275. The number of aliphatic hydroxyl groups is 1. The van der Waals surface area contributed by atoms with Gasteiger partial charge in [0.15, 0.2) is 0 Å². The molecule has 0 aromatic carbocycles. The van der Waals surface area contributed by atoms with Crippen molar-refractivity contribution in [3.05, 3.63) is 11.4 Å². The maximum absolute atomic E-state index is 8.66. The van der Waals surface area contributed by atoms with E-state index in [4.69, 9.17) is 10.8 Å². The van der Waals surface area contributed by atoms with Crippen molar-refractivity contribution in [1.29, 1.82) is 0 Å². The number of nitrogens with two attached hydrogens (primary N) is 1. The molecule has 4 N–H and O–H groups in total. The van der Waals surface area contributed by atoms with Gasteiger partial charge in [0.25, 0.3) is 0 Å². The Morgan fingerprint density at radius 2 is 2.33 bits per heavy atom. The zero-order valence-electron chi connectivity index (χ0n) is 7.12. The number of aromatic amines is 1. The van der Waals surface area contributed by atoms with Gasteiger partial charge in [-0.3, -0.25) is 0 Å². The molecule has 1 rings (SSSR count). The van der Waals surface area contributed by atoms with E-state index in [1.807, 2.05) is 6.92 Å². The lowest BCUT2D eigenvalue weighted by Gasteiger charge is -2.06. The molecule has 1 aromatic heterocycles. The minimum absolute atomic E-state index is 0.0805. The van der Waals surface area contributed by atoms with Crippen LogP contribution >= 0.6 is 0 Å². The van der Waals surface area contributed by atoms with Crippen LogP contribution in [0.2, 0.25) is 0 Å². The Kier molecular flexibility index (Phi) is 3.19. The van der Waals surface area contributed by atoms with Crippen molar-refractivity contribution in [1.82, 2.24) is 15.4 Å². The van der Waals surface area contributed by atoms with E-state index in [9.17, 15) is 0 Å². The number of aromatic nitrogens is 3. The summed E-state index contributed by atoms with van der Waals surface area (Å²) in [5.41, 5.74) is 7.40. The van der Waals surface area contributed by atoms with E-state index in [-0.39, 0.29) is 12.6 Å². The van der Waals surface area contributed by atoms with Gasteiger partial charge in [-0.25, -0.2) is 0 Å². The van der Waals surface area contributed by atoms with Gasteiger partial charge in [0.05, 0.1) is 11.7 Å². The van der Waals surface area contributed by atoms with Gasteiger partial charge in [-0.05, 0) is 12.8 Å². The first-order chi connectivity index (χ1) is 5.79. The summed E-state index contributed by atoms with van der Waals surface area (Å²) in [6.07, 6.45) is 1.34. The van der Waals surface area contributed by atoms with Gasteiger partial charge in [0, 0.05) is 6.61 Å². The highest BCUT2D eigenvalue weighted by Gasteiger charge is 2.13. The number of hydrogen-bond donors (Lipinski definition) is 3. The number of aliphatic hydroxyl groups excluding tert-OH is 1. The summed E-state index contributed by atoms with van der Waals surface area (Å²) >= 11 is 0. The lowest BCUT2D eigenvalue weighted by atomic mass is 10.1. The van der Waals surface area contributed by atoms with E-state index in [0.717, 1.165) is 17.8 Å². The summed E-state index contributed by atoms with van der Waals surface area (Å²) in [7, 11) is 0. The molecule has 0 spiro atoms. The van der Waals surface area contributed by atoms with Gasteiger partial charge < -0.3 is 10.8 Å². The summed E-state index contributed by atoms with van der Waals surface area (Å²) < 4.78 is 0. The van der Waals surface area contributed by atoms with Crippen LogP contribution in [0, 0.1) is 0 Å². The second-order valence-electron chi connectivity index (χ2n) is 2.63. The topological polar surface area (TPSA) is 87.8 Å². The third kappa shape index (κ3) is 1.80. The highest BCUT2D eigenvalue weighted by molar-refractivity contribution is 5.12. The summed E-state index contributed by atoms with van der Waals surface area (Å²) in [6.45, 7) is 2.07. The van der Waals surface area contributed by atoms with Crippen LogP contribution in [-0.4, -0.2) is 27.1 Å². The molecule has 0 bridgehead atoms. The minimum atomic E-state index is -0.205. The van der Waals surface area contributed by atoms with Gasteiger partial charge in [-0.1, -0.05) is 6.92 Å². The largest absolute Gasteiger partial charge is 0.396 e. The molecule has 0 saturated carbocycles. The molecule has 0 amide bonds. The van der Waals surface area contributed by atoms with Crippen LogP contribution in [0.15, 0.2) is 0 Å². The Balaban J connectivity index is 2.71. The zero-order valence-corrected chi connectivity index (χ0v) is 7.12. The van der Waals surface area contributed by atoms with Gasteiger partial charge in [-0.15, -0.1) is 0 Å². The molecule has 1 atom stereocenters. The number of nitrogens with zero attached hydrogens (tertiary/aromatic N) is 2. The quantitative estimate of drug-likeness (QED) is 0.581. The molecule has 5 heteroatoms. The third-order valence-corrected chi connectivity index (χ3v) is 1.78.